The number of anilines is 1. The fraction of sp³-hybridized carbons (Fsp3) is 0.294. The number of thiazole rings is 1. The summed E-state index contributed by atoms with van der Waals surface area (Å²) in [4.78, 5) is 15.7. The summed E-state index contributed by atoms with van der Waals surface area (Å²) < 4.78 is 5.12. The van der Waals surface area contributed by atoms with Crippen LogP contribution in [0.25, 0.3) is 5.57 Å². The molecule has 0 bridgehead atoms. The molecule has 1 aliphatic carbocycles. The van der Waals surface area contributed by atoms with Gasteiger partial charge in [0.05, 0.1) is 5.51 Å². The van der Waals surface area contributed by atoms with E-state index in [2.05, 4.69) is 17.2 Å². The zero-order valence-electron chi connectivity index (χ0n) is 12.8. The number of ether oxygens (including phenoxy) is 1. The summed E-state index contributed by atoms with van der Waals surface area (Å²) in [5, 5.41) is 3.18. The van der Waals surface area contributed by atoms with Gasteiger partial charge in [-0.2, -0.15) is 0 Å². The van der Waals surface area contributed by atoms with Crippen LogP contribution >= 0.6 is 22.9 Å². The minimum atomic E-state index is -0.572. The summed E-state index contributed by atoms with van der Waals surface area (Å²) in [7, 11) is 0. The molecule has 0 spiro atoms. The van der Waals surface area contributed by atoms with Crippen molar-refractivity contribution in [2.45, 2.75) is 32.6 Å². The Balaban J connectivity index is 1.66. The quantitative estimate of drug-likeness (QED) is 0.767. The SMILES string of the molecule is CC1=C(c2ccc(NC(=O)Oc3scnc3Cl)cc2)CCCC1. The standard InChI is InChI=1S/C17H17ClN2O2S/c1-11-4-2-3-5-14(11)12-6-8-13(9-7-12)20-17(21)22-16-15(18)19-10-23-16/h6-10H,2-5H2,1H3,(H,20,21). The Hall–Kier alpha value is -1.85. The normalized spacial score (nSPS) is 14.7. The van der Waals surface area contributed by atoms with Crippen LogP contribution in [0, 0.1) is 0 Å². The Morgan fingerprint density at radius 3 is 2.65 bits per heavy atom. The van der Waals surface area contributed by atoms with Gasteiger partial charge in [-0.1, -0.05) is 40.6 Å². The Bertz CT molecular complexity index is 737. The lowest BCUT2D eigenvalue weighted by Crippen LogP contribution is -2.16. The molecular formula is C17H17ClN2O2S. The van der Waals surface area contributed by atoms with Crippen LogP contribution < -0.4 is 10.1 Å². The second-order valence-corrected chi connectivity index (χ2v) is 6.66. The van der Waals surface area contributed by atoms with Gasteiger partial charge in [-0.25, -0.2) is 9.78 Å². The van der Waals surface area contributed by atoms with Gasteiger partial charge in [0.2, 0.25) is 5.06 Å². The molecule has 1 heterocycles. The van der Waals surface area contributed by atoms with Crippen molar-refractivity contribution in [2.24, 2.45) is 0 Å². The monoisotopic (exact) mass is 348 g/mol. The molecule has 1 aromatic heterocycles. The number of allylic oxidation sites excluding steroid dienone is 2. The number of nitrogens with zero attached hydrogens (tertiary/aromatic N) is 1. The first kappa shape index (κ1) is 16.0. The zero-order chi connectivity index (χ0) is 16.2. The lowest BCUT2D eigenvalue weighted by atomic mass is 9.88. The van der Waals surface area contributed by atoms with E-state index in [9.17, 15) is 4.79 Å². The largest absolute Gasteiger partial charge is 0.417 e. The van der Waals surface area contributed by atoms with E-state index in [0.717, 1.165) is 6.42 Å². The van der Waals surface area contributed by atoms with E-state index in [4.69, 9.17) is 16.3 Å². The van der Waals surface area contributed by atoms with Crippen LogP contribution in [-0.2, 0) is 0 Å². The first-order valence-electron chi connectivity index (χ1n) is 7.50. The number of halogens is 1. The number of hydrogen-bond donors (Lipinski definition) is 1. The van der Waals surface area contributed by atoms with E-state index in [0.29, 0.717) is 10.8 Å². The fourth-order valence-corrected chi connectivity index (χ4v) is 3.52. The molecule has 3 rings (SSSR count). The second kappa shape index (κ2) is 7.15. The number of benzene rings is 1. The molecule has 2 aromatic rings. The van der Waals surface area contributed by atoms with Crippen LogP contribution in [0.2, 0.25) is 5.15 Å². The Labute approximate surface area is 144 Å². The summed E-state index contributed by atoms with van der Waals surface area (Å²) in [6.45, 7) is 2.21. The van der Waals surface area contributed by atoms with Crippen molar-refractivity contribution in [3.63, 3.8) is 0 Å². The summed E-state index contributed by atoms with van der Waals surface area (Å²) in [5.41, 5.74) is 6.35. The zero-order valence-corrected chi connectivity index (χ0v) is 14.3. The predicted molar refractivity (Wildman–Crippen MR) is 94.3 cm³/mol. The van der Waals surface area contributed by atoms with Gasteiger partial charge in [0, 0.05) is 5.69 Å². The van der Waals surface area contributed by atoms with Crippen LogP contribution in [0.4, 0.5) is 10.5 Å². The van der Waals surface area contributed by atoms with Gasteiger partial charge in [-0.3, -0.25) is 5.32 Å². The molecule has 0 fully saturated rings. The van der Waals surface area contributed by atoms with Crippen molar-refractivity contribution in [2.75, 3.05) is 5.32 Å². The molecular weight excluding hydrogens is 332 g/mol. The molecule has 0 unspecified atom stereocenters. The summed E-state index contributed by atoms with van der Waals surface area (Å²) in [6.07, 6.45) is 4.26. The maximum absolute atomic E-state index is 11.8. The van der Waals surface area contributed by atoms with Crippen molar-refractivity contribution in [1.82, 2.24) is 4.98 Å². The highest BCUT2D eigenvalue weighted by atomic mass is 35.5. The Morgan fingerprint density at radius 2 is 2.00 bits per heavy atom. The number of nitrogens with one attached hydrogen (secondary N) is 1. The third-order valence-corrected chi connectivity index (χ3v) is 4.99. The van der Waals surface area contributed by atoms with Gasteiger partial charge in [0.15, 0.2) is 5.15 Å². The molecule has 1 aromatic carbocycles. The molecule has 1 N–H and O–H groups in total. The maximum atomic E-state index is 11.8. The molecule has 0 radical (unpaired) electrons. The van der Waals surface area contributed by atoms with Gasteiger partial charge < -0.3 is 4.74 Å². The highest BCUT2D eigenvalue weighted by Crippen LogP contribution is 2.32. The van der Waals surface area contributed by atoms with Crippen LogP contribution in [0.1, 0.15) is 38.2 Å². The number of carbonyl (C=O) groups is 1. The average Bonchev–Trinajstić information content (AvgIpc) is 2.94. The molecule has 1 aliphatic rings. The van der Waals surface area contributed by atoms with E-state index in [1.807, 2.05) is 24.3 Å². The minimum absolute atomic E-state index is 0.195. The van der Waals surface area contributed by atoms with Crippen LogP contribution in [0.5, 0.6) is 5.06 Å². The highest BCUT2D eigenvalue weighted by molar-refractivity contribution is 7.12. The van der Waals surface area contributed by atoms with Crippen molar-refractivity contribution < 1.29 is 9.53 Å². The molecule has 1 amide bonds. The van der Waals surface area contributed by atoms with Crippen LogP contribution in [0.15, 0.2) is 35.3 Å². The Morgan fingerprint density at radius 1 is 1.26 bits per heavy atom. The van der Waals surface area contributed by atoms with Crippen LogP contribution in [-0.4, -0.2) is 11.1 Å². The molecule has 4 nitrogen and oxygen atoms in total. The minimum Gasteiger partial charge on any atom is -0.396 e. The third kappa shape index (κ3) is 3.92. The van der Waals surface area contributed by atoms with Gasteiger partial charge in [0.1, 0.15) is 0 Å². The first-order chi connectivity index (χ1) is 11.1. The first-order valence-corrected chi connectivity index (χ1v) is 8.76. The van der Waals surface area contributed by atoms with Gasteiger partial charge >= 0.3 is 6.09 Å². The lowest BCUT2D eigenvalue weighted by molar-refractivity contribution is 0.216. The van der Waals surface area contributed by atoms with E-state index >= 15 is 0 Å². The molecule has 120 valence electrons. The lowest BCUT2D eigenvalue weighted by Gasteiger charge is -2.18. The van der Waals surface area contributed by atoms with Crippen molar-refractivity contribution in [3.8, 4) is 5.06 Å². The smallest absolute Gasteiger partial charge is 0.396 e. The van der Waals surface area contributed by atoms with Crippen LogP contribution in [0.3, 0.4) is 0 Å². The number of carbonyl (C=O) groups excluding carboxylic acids is 1. The van der Waals surface area contributed by atoms with Crippen molar-refractivity contribution >= 4 is 40.3 Å². The third-order valence-electron chi connectivity index (χ3n) is 3.90. The number of rotatable bonds is 3. The van der Waals surface area contributed by atoms with E-state index in [-0.39, 0.29) is 5.15 Å². The molecule has 0 atom stereocenters. The Kier molecular flexibility index (Phi) is 4.98. The topological polar surface area (TPSA) is 51.2 Å². The molecule has 0 saturated heterocycles. The number of hydrogen-bond acceptors (Lipinski definition) is 4. The molecule has 6 heteroatoms. The summed E-state index contributed by atoms with van der Waals surface area (Å²) in [5.74, 6) is 0. The average molecular weight is 349 g/mol. The molecule has 0 saturated carbocycles. The predicted octanol–water partition coefficient (Wildman–Crippen LogP) is 5.75. The number of amides is 1. The van der Waals surface area contributed by atoms with Gasteiger partial charge in [-0.05, 0) is 55.9 Å². The molecule has 0 aliphatic heterocycles. The van der Waals surface area contributed by atoms with Gasteiger partial charge in [0.25, 0.3) is 0 Å². The van der Waals surface area contributed by atoms with Crippen molar-refractivity contribution in [3.05, 3.63) is 46.1 Å². The van der Waals surface area contributed by atoms with E-state index in [1.54, 1.807) is 0 Å². The highest BCUT2D eigenvalue weighted by Gasteiger charge is 2.13. The van der Waals surface area contributed by atoms with Gasteiger partial charge in [-0.15, -0.1) is 0 Å². The van der Waals surface area contributed by atoms with E-state index < -0.39 is 6.09 Å². The van der Waals surface area contributed by atoms with Crippen molar-refractivity contribution in [1.29, 1.82) is 0 Å². The molecule has 23 heavy (non-hydrogen) atoms. The maximum Gasteiger partial charge on any atom is 0.417 e. The number of aromatic nitrogens is 1. The second-order valence-electron chi connectivity index (χ2n) is 5.49. The summed E-state index contributed by atoms with van der Waals surface area (Å²) in [6, 6.07) is 7.86. The fourth-order valence-electron chi connectivity index (χ4n) is 2.72. The summed E-state index contributed by atoms with van der Waals surface area (Å²) >= 11 is 6.97. The van der Waals surface area contributed by atoms with E-state index in [1.165, 1.54) is 52.8 Å².